The van der Waals surface area contributed by atoms with Gasteiger partial charge in [0.2, 0.25) is 0 Å². The van der Waals surface area contributed by atoms with Gasteiger partial charge in [-0.3, -0.25) is 4.79 Å². The van der Waals surface area contributed by atoms with Crippen LogP contribution < -0.4 is 10.2 Å². The molecule has 0 amide bonds. The summed E-state index contributed by atoms with van der Waals surface area (Å²) in [6.45, 7) is 1.31. The topological polar surface area (TPSA) is 46.5 Å². The Morgan fingerprint density at radius 1 is 1.62 bits per heavy atom. The quantitative estimate of drug-likeness (QED) is 0.469. The van der Waals surface area contributed by atoms with Crippen molar-refractivity contribution in [2.75, 3.05) is 0 Å². The van der Waals surface area contributed by atoms with E-state index < -0.39 is 5.97 Å². The number of rotatable bonds is 2. The minimum Gasteiger partial charge on any atom is -0.450 e. The van der Waals surface area contributed by atoms with Crippen LogP contribution >= 0.6 is 15.9 Å². The third-order valence-electron chi connectivity index (χ3n) is 1.37. The lowest BCUT2D eigenvalue weighted by atomic mass is 9.88. The molecule has 0 aliphatic rings. The van der Waals surface area contributed by atoms with Crippen LogP contribution in [-0.2, 0) is 4.79 Å². The average molecular weight is 242 g/mol. The lowest BCUT2D eigenvalue weighted by molar-refractivity contribution is -0.131. The van der Waals surface area contributed by atoms with Crippen molar-refractivity contribution in [2.24, 2.45) is 0 Å². The molecule has 0 aromatic heterocycles. The number of esters is 1. The highest BCUT2D eigenvalue weighted by Crippen LogP contribution is 2.15. The van der Waals surface area contributed by atoms with Crippen LogP contribution in [0.2, 0.25) is 0 Å². The van der Waals surface area contributed by atoms with Gasteiger partial charge in [-0.2, -0.15) is 0 Å². The molecule has 0 aliphatic carbocycles. The number of carbonyl (C=O) groups excluding carboxylic acids is 1. The Balaban J connectivity index is 3.01. The van der Waals surface area contributed by atoms with Gasteiger partial charge in [0.15, 0.2) is 0 Å². The summed E-state index contributed by atoms with van der Waals surface area (Å²) in [5, 5.41) is 8.79. The molecule has 0 heterocycles. The average Bonchev–Trinajstić information content (AvgIpc) is 2.03. The highest BCUT2D eigenvalue weighted by atomic mass is 79.9. The highest BCUT2D eigenvalue weighted by Gasteiger charge is 2.06. The predicted molar refractivity (Wildman–Crippen MR) is 53.1 cm³/mol. The second kappa shape index (κ2) is 4.44. The van der Waals surface area contributed by atoms with E-state index in [4.69, 9.17) is 9.76 Å². The van der Waals surface area contributed by atoms with Gasteiger partial charge in [-0.25, -0.2) is 0 Å². The van der Waals surface area contributed by atoms with E-state index in [2.05, 4.69) is 15.9 Å². The molecule has 1 aromatic rings. The first-order chi connectivity index (χ1) is 6.13. The van der Waals surface area contributed by atoms with Crippen molar-refractivity contribution in [3.63, 3.8) is 0 Å². The molecule has 0 spiro atoms. The van der Waals surface area contributed by atoms with Gasteiger partial charge in [-0.1, -0.05) is 22.0 Å². The van der Waals surface area contributed by atoms with E-state index >= 15 is 0 Å². The Labute approximate surface area is 85.1 Å². The van der Waals surface area contributed by atoms with Crippen molar-refractivity contribution >= 4 is 34.8 Å². The van der Waals surface area contributed by atoms with E-state index in [1.807, 2.05) is 0 Å². The van der Waals surface area contributed by atoms with E-state index in [-0.39, 0.29) is 0 Å². The molecule has 13 heavy (non-hydrogen) atoms. The van der Waals surface area contributed by atoms with Gasteiger partial charge in [0.05, 0.1) is 0 Å². The first kappa shape index (κ1) is 10.3. The molecule has 0 fully saturated rings. The van der Waals surface area contributed by atoms with Gasteiger partial charge in [0.1, 0.15) is 5.75 Å². The molecule has 67 valence electrons. The Bertz CT molecular complexity index is 327. The zero-order chi connectivity index (χ0) is 9.84. The molecule has 0 atom stereocenters. The fourth-order valence-electron chi connectivity index (χ4n) is 0.858. The molecule has 5 heteroatoms. The van der Waals surface area contributed by atoms with Crippen molar-refractivity contribution in [1.29, 1.82) is 0 Å². The van der Waals surface area contributed by atoms with Crippen LogP contribution in [0.1, 0.15) is 6.92 Å². The standard InChI is InChI=1S/C8H7BBrO3/c1-5(11)13-8-4-6(10)2-3-7(8)9-12/h2-4,12H,1H3. The Morgan fingerprint density at radius 3 is 2.85 bits per heavy atom. The summed E-state index contributed by atoms with van der Waals surface area (Å²) >= 11 is 3.23. The second-order valence-electron chi connectivity index (χ2n) is 2.40. The molecule has 3 nitrogen and oxygen atoms in total. The number of halogens is 1. The summed E-state index contributed by atoms with van der Waals surface area (Å²) in [7, 11) is 0.894. The molecule has 0 bridgehead atoms. The van der Waals surface area contributed by atoms with Gasteiger partial charge in [0.25, 0.3) is 0 Å². The maximum absolute atomic E-state index is 10.7. The number of hydrogen-bond donors (Lipinski definition) is 1. The van der Waals surface area contributed by atoms with Crippen molar-refractivity contribution in [1.82, 2.24) is 0 Å². The fourth-order valence-corrected chi connectivity index (χ4v) is 1.20. The fraction of sp³-hybridized carbons (Fsp3) is 0.125. The van der Waals surface area contributed by atoms with Crippen molar-refractivity contribution in [3.05, 3.63) is 22.7 Å². The minimum atomic E-state index is -0.416. The van der Waals surface area contributed by atoms with Crippen LogP contribution in [0.4, 0.5) is 0 Å². The summed E-state index contributed by atoms with van der Waals surface area (Å²) in [4.78, 5) is 10.7. The lowest BCUT2D eigenvalue weighted by Crippen LogP contribution is -2.18. The molecule has 1 rings (SSSR count). The first-order valence-electron chi connectivity index (χ1n) is 3.59. The smallest absolute Gasteiger partial charge is 0.330 e. The van der Waals surface area contributed by atoms with Crippen LogP contribution in [0.15, 0.2) is 22.7 Å². The van der Waals surface area contributed by atoms with Gasteiger partial charge in [-0.15, -0.1) is 0 Å². The predicted octanol–water partition coefficient (Wildman–Crippen LogP) is 0.611. The largest absolute Gasteiger partial charge is 0.450 e. The van der Waals surface area contributed by atoms with Crippen LogP contribution in [0.3, 0.4) is 0 Å². The minimum absolute atomic E-state index is 0.337. The highest BCUT2D eigenvalue weighted by molar-refractivity contribution is 9.10. The maximum Gasteiger partial charge on any atom is 0.330 e. The normalized spacial score (nSPS) is 9.46. The molecule has 1 aromatic carbocycles. The monoisotopic (exact) mass is 241 g/mol. The lowest BCUT2D eigenvalue weighted by Gasteiger charge is -2.05. The van der Waals surface area contributed by atoms with Crippen LogP contribution in [0.5, 0.6) is 5.75 Å². The number of benzene rings is 1. The third-order valence-corrected chi connectivity index (χ3v) is 1.86. The van der Waals surface area contributed by atoms with E-state index in [0.717, 1.165) is 12.0 Å². The number of hydrogen-bond acceptors (Lipinski definition) is 3. The summed E-state index contributed by atoms with van der Waals surface area (Å²) in [6.07, 6.45) is 0. The van der Waals surface area contributed by atoms with Crippen molar-refractivity contribution in [3.8, 4) is 5.75 Å². The molecular weight excluding hydrogens is 235 g/mol. The summed E-state index contributed by atoms with van der Waals surface area (Å²) in [5.41, 5.74) is 0.471. The third kappa shape index (κ3) is 2.86. The van der Waals surface area contributed by atoms with Gasteiger partial charge in [0, 0.05) is 11.4 Å². The van der Waals surface area contributed by atoms with Crippen LogP contribution in [0, 0.1) is 0 Å². The van der Waals surface area contributed by atoms with E-state index in [1.165, 1.54) is 6.92 Å². The van der Waals surface area contributed by atoms with Crippen molar-refractivity contribution in [2.45, 2.75) is 6.92 Å². The van der Waals surface area contributed by atoms with Crippen molar-refractivity contribution < 1.29 is 14.6 Å². The second-order valence-corrected chi connectivity index (χ2v) is 3.32. The molecule has 1 N–H and O–H groups in total. The van der Waals surface area contributed by atoms with Crippen LogP contribution in [-0.4, -0.2) is 18.5 Å². The molecular formula is C8H7BBrO3. The van der Waals surface area contributed by atoms with E-state index in [0.29, 0.717) is 11.2 Å². The first-order valence-corrected chi connectivity index (χ1v) is 4.38. The summed E-state index contributed by atoms with van der Waals surface area (Å²) in [6, 6.07) is 5.00. The zero-order valence-corrected chi connectivity index (χ0v) is 8.54. The molecule has 0 aliphatic heterocycles. The summed E-state index contributed by atoms with van der Waals surface area (Å²) in [5.74, 6) is -0.0782. The van der Waals surface area contributed by atoms with E-state index in [9.17, 15) is 4.79 Å². The zero-order valence-electron chi connectivity index (χ0n) is 6.95. The van der Waals surface area contributed by atoms with Crippen LogP contribution in [0.25, 0.3) is 0 Å². The Hall–Kier alpha value is -0.805. The van der Waals surface area contributed by atoms with Gasteiger partial charge < -0.3 is 9.76 Å². The maximum atomic E-state index is 10.7. The van der Waals surface area contributed by atoms with Gasteiger partial charge >= 0.3 is 13.5 Å². The Morgan fingerprint density at radius 2 is 2.31 bits per heavy atom. The molecule has 0 saturated heterocycles. The SMILES string of the molecule is CC(=O)Oc1cc(Br)ccc1[B]O. The van der Waals surface area contributed by atoms with Gasteiger partial charge in [-0.05, 0) is 17.6 Å². The molecule has 0 unspecified atom stereocenters. The number of ether oxygens (including phenoxy) is 1. The summed E-state index contributed by atoms with van der Waals surface area (Å²) < 4.78 is 5.64. The number of carbonyl (C=O) groups is 1. The Kier molecular flexibility index (Phi) is 3.51. The molecule has 0 saturated carbocycles. The van der Waals surface area contributed by atoms with E-state index in [1.54, 1.807) is 18.2 Å². The molecule has 1 radical (unpaired) electrons.